The highest BCUT2D eigenvalue weighted by Gasteiger charge is 2.22. The summed E-state index contributed by atoms with van der Waals surface area (Å²) in [5.41, 5.74) is 2.92. The van der Waals surface area contributed by atoms with E-state index in [9.17, 15) is 9.59 Å². The van der Waals surface area contributed by atoms with Crippen molar-refractivity contribution >= 4 is 18.1 Å². The zero-order chi connectivity index (χ0) is 22.8. The molecular formula is C24H29N3O5. The van der Waals surface area contributed by atoms with E-state index in [1.165, 1.54) is 5.56 Å². The molecule has 0 spiro atoms. The van der Waals surface area contributed by atoms with Crippen molar-refractivity contribution in [2.45, 2.75) is 45.1 Å². The highest BCUT2D eigenvalue weighted by atomic mass is 16.7. The molecule has 1 atom stereocenters. The Morgan fingerprint density at radius 2 is 1.94 bits per heavy atom. The Kier molecular flexibility index (Phi) is 8.48. The summed E-state index contributed by atoms with van der Waals surface area (Å²) in [7, 11) is 0. The van der Waals surface area contributed by atoms with Crippen LogP contribution in [0.15, 0.2) is 47.6 Å². The van der Waals surface area contributed by atoms with Gasteiger partial charge in [-0.05, 0) is 55.0 Å². The van der Waals surface area contributed by atoms with E-state index in [4.69, 9.17) is 20.1 Å². The highest BCUT2D eigenvalue weighted by Crippen LogP contribution is 2.35. The van der Waals surface area contributed by atoms with E-state index in [-0.39, 0.29) is 25.1 Å². The van der Waals surface area contributed by atoms with Gasteiger partial charge in [-0.15, -0.1) is 0 Å². The molecule has 1 amide bonds. The molecule has 1 heterocycles. The standard InChI is InChI=1S/C24H29N3O5/c1-2-30-24(29)14-20(19-11-12-21-22(13-19)32-16-31-21)27-23(28)6-4-3-5-17-7-9-18(10-8-17)15-26-25/h7-13,15,20H,2-6,14,16,25H2,1H3,(H,27,28). The Labute approximate surface area is 187 Å². The summed E-state index contributed by atoms with van der Waals surface area (Å²) in [5, 5.41) is 6.48. The molecule has 0 saturated carbocycles. The second-order valence-corrected chi connectivity index (χ2v) is 7.47. The lowest BCUT2D eigenvalue weighted by atomic mass is 10.0. The van der Waals surface area contributed by atoms with Gasteiger partial charge in [-0.3, -0.25) is 9.59 Å². The van der Waals surface area contributed by atoms with Crippen LogP contribution in [0, 0.1) is 0 Å². The maximum Gasteiger partial charge on any atom is 0.308 e. The summed E-state index contributed by atoms with van der Waals surface area (Å²) < 4.78 is 15.8. The van der Waals surface area contributed by atoms with Gasteiger partial charge in [0, 0.05) is 6.42 Å². The maximum absolute atomic E-state index is 12.6. The summed E-state index contributed by atoms with van der Waals surface area (Å²) in [6.07, 6.45) is 4.53. The molecule has 0 saturated heterocycles. The van der Waals surface area contributed by atoms with Gasteiger partial charge < -0.3 is 25.4 Å². The first kappa shape index (κ1) is 23.1. The largest absolute Gasteiger partial charge is 0.466 e. The molecule has 0 aromatic heterocycles. The van der Waals surface area contributed by atoms with Crippen LogP contribution in [0.1, 0.15) is 55.3 Å². The second-order valence-electron chi connectivity index (χ2n) is 7.47. The number of unbranched alkanes of at least 4 members (excludes halogenated alkanes) is 1. The van der Waals surface area contributed by atoms with Crippen LogP contribution >= 0.6 is 0 Å². The van der Waals surface area contributed by atoms with Crippen molar-refractivity contribution in [1.29, 1.82) is 0 Å². The molecule has 3 N–H and O–H groups in total. The number of hydrazone groups is 1. The summed E-state index contributed by atoms with van der Waals surface area (Å²) in [5.74, 6) is 5.95. The molecule has 1 aliphatic heterocycles. The Bertz CT molecular complexity index is 943. The van der Waals surface area contributed by atoms with Crippen molar-refractivity contribution in [3.05, 3.63) is 59.2 Å². The Hall–Kier alpha value is -3.55. The van der Waals surface area contributed by atoms with Gasteiger partial charge in [0.25, 0.3) is 0 Å². The van der Waals surface area contributed by atoms with Crippen molar-refractivity contribution < 1.29 is 23.8 Å². The Balaban J connectivity index is 1.52. The summed E-state index contributed by atoms with van der Waals surface area (Å²) in [6.45, 7) is 2.21. The van der Waals surface area contributed by atoms with Crippen molar-refractivity contribution in [1.82, 2.24) is 5.32 Å². The van der Waals surface area contributed by atoms with Crippen LogP contribution in [-0.4, -0.2) is 31.5 Å². The smallest absolute Gasteiger partial charge is 0.308 e. The minimum atomic E-state index is -0.493. The summed E-state index contributed by atoms with van der Waals surface area (Å²) in [6, 6.07) is 12.9. The number of carbonyl (C=O) groups is 2. The SMILES string of the molecule is CCOC(=O)CC(NC(=O)CCCCc1ccc(C=NN)cc1)c1ccc2c(c1)OCO2. The van der Waals surface area contributed by atoms with E-state index in [1.807, 2.05) is 30.3 Å². The lowest BCUT2D eigenvalue weighted by Gasteiger charge is -2.19. The number of carbonyl (C=O) groups excluding carboxylic acids is 2. The monoisotopic (exact) mass is 439 g/mol. The average Bonchev–Trinajstić information content (AvgIpc) is 3.26. The molecule has 0 aliphatic carbocycles. The number of esters is 1. The van der Waals surface area contributed by atoms with Gasteiger partial charge in [0.15, 0.2) is 11.5 Å². The first-order valence-electron chi connectivity index (χ1n) is 10.8. The van der Waals surface area contributed by atoms with Crippen LogP contribution < -0.4 is 20.6 Å². The maximum atomic E-state index is 12.6. The van der Waals surface area contributed by atoms with E-state index < -0.39 is 6.04 Å². The Morgan fingerprint density at radius 1 is 1.16 bits per heavy atom. The van der Waals surface area contributed by atoms with Crippen molar-refractivity contribution in [2.24, 2.45) is 10.9 Å². The van der Waals surface area contributed by atoms with Crippen LogP contribution in [0.3, 0.4) is 0 Å². The number of fused-ring (bicyclic) bond motifs is 1. The Morgan fingerprint density at radius 3 is 2.69 bits per heavy atom. The van der Waals surface area contributed by atoms with Gasteiger partial charge in [-0.25, -0.2) is 0 Å². The number of amides is 1. The minimum absolute atomic E-state index is 0.0532. The number of ether oxygens (including phenoxy) is 3. The van der Waals surface area contributed by atoms with Gasteiger partial charge in [-0.1, -0.05) is 30.3 Å². The van der Waals surface area contributed by atoms with E-state index >= 15 is 0 Å². The summed E-state index contributed by atoms with van der Waals surface area (Å²) in [4.78, 5) is 24.7. The number of aryl methyl sites for hydroxylation is 1. The fourth-order valence-corrected chi connectivity index (χ4v) is 3.51. The third kappa shape index (κ3) is 6.73. The third-order valence-electron chi connectivity index (χ3n) is 5.13. The van der Waals surface area contributed by atoms with E-state index in [1.54, 1.807) is 25.3 Å². The topological polar surface area (TPSA) is 112 Å². The van der Waals surface area contributed by atoms with Gasteiger partial charge in [0.2, 0.25) is 12.7 Å². The molecule has 1 unspecified atom stereocenters. The van der Waals surface area contributed by atoms with Crippen molar-refractivity contribution in [3.8, 4) is 11.5 Å². The van der Waals surface area contributed by atoms with Crippen LogP contribution in [0.5, 0.6) is 11.5 Å². The average molecular weight is 440 g/mol. The van der Waals surface area contributed by atoms with Gasteiger partial charge in [-0.2, -0.15) is 5.10 Å². The normalized spacial score (nSPS) is 13.2. The number of hydrogen-bond acceptors (Lipinski definition) is 7. The second kappa shape index (κ2) is 11.7. The minimum Gasteiger partial charge on any atom is -0.466 e. The van der Waals surface area contributed by atoms with Crippen LogP contribution in [-0.2, 0) is 20.7 Å². The molecule has 3 rings (SSSR count). The van der Waals surface area contributed by atoms with Crippen LogP contribution in [0.4, 0.5) is 0 Å². The number of nitrogens with one attached hydrogen (secondary N) is 1. The zero-order valence-electron chi connectivity index (χ0n) is 18.2. The quantitative estimate of drug-likeness (QED) is 0.183. The molecule has 0 bridgehead atoms. The molecule has 8 nitrogen and oxygen atoms in total. The zero-order valence-corrected chi connectivity index (χ0v) is 18.2. The first-order chi connectivity index (χ1) is 15.6. The van der Waals surface area contributed by atoms with Crippen LogP contribution in [0.25, 0.3) is 0 Å². The molecule has 8 heteroatoms. The van der Waals surface area contributed by atoms with E-state index in [2.05, 4.69) is 10.4 Å². The summed E-state index contributed by atoms with van der Waals surface area (Å²) >= 11 is 0. The number of hydrogen-bond donors (Lipinski definition) is 2. The fourth-order valence-electron chi connectivity index (χ4n) is 3.51. The van der Waals surface area contributed by atoms with Gasteiger partial charge in [0.05, 0.1) is 25.3 Å². The number of rotatable bonds is 11. The molecule has 1 aliphatic rings. The molecule has 2 aromatic carbocycles. The lowest BCUT2D eigenvalue weighted by Crippen LogP contribution is -2.30. The molecule has 0 radical (unpaired) electrons. The van der Waals surface area contributed by atoms with E-state index in [0.717, 1.165) is 30.4 Å². The first-order valence-corrected chi connectivity index (χ1v) is 10.8. The predicted molar refractivity (Wildman–Crippen MR) is 120 cm³/mol. The number of nitrogens with two attached hydrogens (primary N) is 1. The molecule has 2 aromatic rings. The van der Waals surface area contributed by atoms with E-state index in [0.29, 0.717) is 24.5 Å². The molecular weight excluding hydrogens is 410 g/mol. The number of nitrogens with zero attached hydrogens (tertiary/aromatic N) is 1. The number of benzene rings is 2. The third-order valence-corrected chi connectivity index (χ3v) is 5.13. The highest BCUT2D eigenvalue weighted by molar-refractivity contribution is 5.79. The van der Waals surface area contributed by atoms with Gasteiger partial charge >= 0.3 is 5.97 Å². The van der Waals surface area contributed by atoms with Gasteiger partial charge in [0.1, 0.15) is 0 Å². The lowest BCUT2D eigenvalue weighted by molar-refractivity contribution is -0.143. The predicted octanol–water partition coefficient (Wildman–Crippen LogP) is 3.23. The molecule has 0 fully saturated rings. The van der Waals surface area contributed by atoms with Crippen LogP contribution in [0.2, 0.25) is 0 Å². The fraction of sp³-hybridized carbons (Fsp3) is 0.375. The van der Waals surface area contributed by atoms with Crippen molar-refractivity contribution in [3.63, 3.8) is 0 Å². The molecule has 32 heavy (non-hydrogen) atoms. The molecule has 170 valence electrons. The van der Waals surface area contributed by atoms with Crippen molar-refractivity contribution in [2.75, 3.05) is 13.4 Å².